The van der Waals surface area contributed by atoms with Gasteiger partial charge in [-0.05, 0) is 18.2 Å². The summed E-state index contributed by atoms with van der Waals surface area (Å²) in [7, 11) is 0. The van der Waals surface area contributed by atoms with Crippen LogP contribution in [0.4, 0.5) is 5.82 Å². The molecule has 0 radical (unpaired) electrons. The molecular weight excluding hydrogens is 280 g/mol. The second kappa shape index (κ2) is 5.85. The van der Waals surface area contributed by atoms with Crippen molar-refractivity contribution in [2.24, 2.45) is 0 Å². The Bertz CT molecular complexity index is 850. The quantitative estimate of drug-likeness (QED) is 0.793. The molecule has 0 saturated carbocycles. The average molecular weight is 290 g/mol. The van der Waals surface area contributed by atoms with Gasteiger partial charge in [0.05, 0.1) is 11.6 Å². The Morgan fingerprint density at radius 1 is 1.27 bits per heavy atom. The van der Waals surface area contributed by atoms with Gasteiger partial charge in [0.2, 0.25) is 0 Å². The van der Waals surface area contributed by atoms with Crippen molar-refractivity contribution in [2.75, 3.05) is 5.32 Å². The van der Waals surface area contributed by atoms with Crippen molar-refractivity contribution in [3.05, 3.63) is 66.5 Å². The predicted molar refractivity (Wildman–Crippen MR) is 78.3 cm³/mol. The van der Waals surface area contributed by atoms with E-state index in [0.717, 1.165) is 0 Å². The molecule has 1 aromatic carbocycles. The Hall–Kier alpha value is -3.53. The van der Waals surface area contributed by atoms with Gasteiger partial charge in [-0.2, -0.15) is 5.26 Å². The van der Waals surface area contributed by atoms with Gasteiger partial charge in [0.25, 0.3) is 5.91 Å². The minimum Gasteiger partial charge on any atom is -0.306 e. The fraction of sp³-hybridized carbons (Fsp3) is 0. The molecule has 1 N–H and O–H groups in total. The largest absolute Gasteiger partial charge is 0.306 e. The van der Waals surface area contributed by atoms with Crippen molar-refractivity contribution in [3.8, 4) is 11.9 Å². The SMILES string of the molecule is N#Cc1cccc(C(=O)Nc2cc(-n3ccnc3)ncn2)c1. The molecule has 7 heteroatoms. The Morgan fingerprint density at radius 3 is 2.95 bits per heavy atom. The molecule has 0 aliphatic carbocycles. The number of benzene rings is 1. The van der Waals surface area contributed by atoms with E-state index in [1.54, 1.807) is 47.6 Å². The lowest BCUT2D eigenvalue weighted by molar-refractivity contribution is 0.102. The number of aromatic nitrogens is 4. The Morgan fingerprint density at radius 2 is 2.18 bits per heavy atom. The van der Waals surface area contributed by atoms with Gasteiger partial charge in [-0.25, -0.2) is 15.0 Å². The smallest absolute Gasteiger partial charge is 0.256 e. The van der Waals surface area contributed by atoms with Crippen LogP contribution < -0.4 is 5.32 Å². The molecule has 106 valence electrons. The lowest BCUT2D eigenvalue weighted by Crippen LogP contribution is -2.13. The van der Waals surface area contributed by atoms with E-state index in [1.807, 2.05) is 6.07 Å². The number of anilines is 1. The van der Waals surface area contributed by atoms with Crippen LogP contribution >= 0.6 is 0 Å². The lowest BCUT2D eigenvalue weighted by Gasteiger charge is -2.06. The van der Waals surface area contributed by atoms with Crippen LogP contribution in [0.2, 0.25) is 0 Å². The minimum atomic E-state index is -0.340. The molecule has 2 heterocycles. The third-order valence-electron chi connectivity index (χ3n) is 2.92. The van der Waals surface area contributed by atoms with E-state index in [0.29, 0.717) is 22.8 Å². The van der Waals surface area contributed by atoms with Crippen LogP contribution in [0.3, 0.4) is 0 Å². The summed E-state index contributed by atoms with van der Waals surface area (Å²) in [6, 6.07) is 10.1. The molecule has 0 unspecified atom stereocenters. The normalized spacial score (nSPS) is 9.95. The van der Waals surface area contributed by atoms with Crippen molar-refractivity contribution in [3.63, 3.8) is 0 Å². The van der Waals surface area contributed by atoms with E-state index in [-0.39, 0.29) is 5.91 Å². The van der Waals surface area contributed by atoms with Gasteiger partial charge < -0.3 is 5.32 Å². The topological polar surface area (TPSA) is 96.5 Å². The summed E-state index contributed by atoms with van der Waals surface area (Å²) >= 11 is 0. The van der Waals surface area contributed by atoms with Crippen LogP contribution in [0.1, 0.15) is 15.9 Å². The first-order valence-electron chi connectivity index (χ1n) is 6.38. The van der Waals surface area contributed by atoms with E-state index in [9.17, 15) is 4.79 Å². The number of carbonyl (C=O) groups excluding carboxylic acids is 1. The number of nitrogens with one attached hydrogen (secondary N) is 1. The predicted octanol–water partition coefficient (Wildman–Crippen LogP) is 1.79. The molecule has 3 aromatic rings. The lowest BCUT2D eigenvalue weighted by atomic mass is 10.1. The molecule has 0 atom stereocenters. The van der Waals surface area contributed by atoms with Crippen LogP contribution in [0.15, 0.2) is 55.4 Å². The van der Waals surface area contributed by atoms with Gasteiger partial charge >= 0.3 is 0 Å². The first-order valence-corrected chi connectivity index (χ1v) is 6.38. The van der Waals surface area contributed by atoms with E-state index >= 15 is 0 Å². The summed E-state index contributed by atoms with van der Waals surface area (Å²) in [5.74, 6) is 0.618. The number of carbonyl (C=O) groups is 1. The molecular formula is C15H10N6O. The van der Waals surface area contributed by atoms with Gasteiger partial charge in [-0.1, -0.05) is 6.07 Å². The van der Waals surface area contributed by atoms with Crippen LogP contribution in [-0.4, -0.2) is 25.4 Å². The van der Waals surface area contributed by atoms with Crippen molar-refractivity contribution < 1.29 is 4.79 Å². The minimum absolute atomic E-state index is 0.340. The molecule has 1 amide bonds. The van der Waals surface area contributed by atoms with Crippen LogP contribution in [0.25, 0.3) is 5.82 Å². The second-order valence-electron chi connectivity index (χ2n) is 4.38. The summed E-state index contributed by atoms with van der Waals surface area (Å²) in [5, 5.41) is 11.5. The molecule has 0 bridgehead atoms. The number of imidazole rings is 1. The van der Waals surface area contributed by atoms with Gasteiger partial charge in [0.1, 0.15) is 24.3 Å². The number of rotatable bonds is 3. The van der Waals surface area contributed by atoms with Crippen molar-refractivity contribution in [2.45, 2.75) is 0 Å². The molecule has 0 aliphatic rings. The fourth-order valence-electron chi connectivity index (χ4n) is 1.87. The van der Waals surface area contributed by atoms with Gasteiger partial charge in [0.15, 0.2) is 0 Å². The zero-order valence-corrected chi connectivity index (χ0v) is 11.3. The highest BCUT2D eigenvalue weighted by Gasteiger charge is 2.08. The highest BCUT2D eigenvalue weighted by Crippen LogP contribution is 2.11. The van der Waals surface area contributed by atoms with Crippen LogP contribution in [0, 0.1) is 11.3 Å². The van der Waals surface area contributed by atoms with Gasteiger partial charge in [0, 0.05) is 24.0 Å². The highest BCUT2D eigenvalue weighted by molar-refractivity contribution is 6.04. The zero-order valence-electron chi connectivity index (χ0n) is 11.3. The van der Waals surface area contributed by atoms with E-state index in [1.165, 1.54) is 12.4 Å². The fourth-order valence-corrected chi connectivity index (χ4v) is 1.87. The number of nitriles is 1. The second-order valence-corrected chi connectivity index (χ2v) is 4.38. The van der Waals surface area contributed by atoms with E-state index in [2.05, 4.69) is 20.3 Å². The molecule has 7 nitrogen and oxygen atoms in total. The molecule has 0 spiro atoms. The summed E-state index contributed by atoms with van der Waals surface area (Å²) in [6.07, 6.45) is 6.33. The Balaban J connectivity index is 1.82. The first kappa shape index (κ1) is 13.5. The standard InChI is InChI=1S/C15H10N6O/c16-8-11-2-1-3-12(6-11)15(22)20-13-7-14(19-9-18-13)21-5-4-17-10-21/h1-7,9-10H,(H,18,19,20,22). The van der Waals surface area contributed by atoms with E-state index in [4.69, 9.17) is 5.26 Å². The first-order chi connectivity index (χ1) is 10.8. The van der Waals surface area contributed by atoms with Gasteiger partial charge in [-0.3, -0.25) is 9.36 Å². The summed E-state index contributed by atoms with van der Waals surface area (Å²) in [5.41, 5.74) is 0.816. The summed E-state index contributed by atoms with van der Waals surface area (Å²) in [4.78, 5) is 24.2. The number of nitrogens with zero attached hydrogens (tertiary/aromatic N) is 5. The zero-order chi connectivity index (χ0) is 15.4. The third kappa shape index (κ3) is 2.81. The Kier molecular flexibility index (Phi) is 3.58. The van der Waals surface area contributed by atoms with Crippen molar-refractivity contribution >= 4 is 11.7 Å². The maximum absolute atomic E-state index is 12.2. The number of hydrogen-bond donors (Lipinski definition) is 1. The van der Waals surface area contributed by atoms with Crippen LogP contribution in [0.5, 0.6) is 0 Å². The number of hydrogen-bond acceptors (Lipinski definition) is 5. The number of amides is 1. The molecule has 22 heavy (non-hydrogen) atoms. The molecule has 0 aliphatic heterocycles. The van der Waals surface area contributed by atoms with Crippen LogP contribution in [-0.2, 0) is 0 Å². The van der Waals surface area contributed by atoms with Crippen molar-refractivity contribution in [1.82, 2.24) is 19.5 Å². The monoisotopic (exact) mass is 290 g/mol. The molecule has 0 fully saturated rings. The maximum atomic E-state index is 12.2. The maximum Gasteiger partial charge on any atom is 0.256 e. The average Bonchev–Trinajstić information content (AvgIpc) is 3.10. The highest BCUT2D eigenvalue weighted by atomic mass is 16.1. The Labute approximate surface area is 125 Å². The summed E-state index contributed by atoms with van der Waals surface area (Å²) in [6.45, 7) is 0. The van der Waals surface area contributed by atoms with Gasteiger partial charge in [-0.15, -0.1) is 0 Å². The van der Waals surface area contributed by atoms with Crippen molar-refractivity contribution in [1.29, 1.82) is 5.26 Å². The summed E-state index contributed by atoms with van der Waals surface area (Å²) < 4.78 is 1.70. The third-order valence-corrected chi connectivity index (χ3v) is 2.92. The van der Waals surface area contributed by atoms with E-state index < -0.39 is 0 Å². The molecule has 0 saturated heterocycles. The molecule has 2 aromatic heterocycles. The molecule has 3 rings (SSSR count).